The van der Waals surface area contributed by atoms with Crippen LogP contribution in [0.15, 0.2) is 30.3 Å². The number of benzene rings is 1. The van der Waals surface area contributed by atoms with Gasteiger partial charge in [-0.15, -0.1) is 7.05 Å². The number of hydrogen-bond acceptors (Lipinski definition) is 1. The molecule has 2 rings (SSSR count). The van der Waals surface area contributed by atoms with Gasteiger partial charge in [0.05, 0.1) is 5.68 Å². The number of carbonyl (C=O) groups is 1. The fourth-order valence-corrected chi connectivity index (χ4v) is 1.41. The van der Waals surface area contributed by atoms with Crippen molar-refractivity contribution in [3.63, 3.8) is 0 Å². The second kappa shape index (κ2) is 4.33. The van der Waals surface area contributed by atoms with E-state index < -0.39 is 5.68 Å². The predicted molar refractivity (Wildman–Crippen MR) is 52.8 cm³/mol. The molecule has 2 aromatic rings. The standard InChI is InChI=1S/C10H7BNO.Y/c1-12-8-5-3-2-4-7(8)6-9(12)10(11)13;/h2-6H,1H2;/q-1;. The molecule has 0 spiro atoms. The van der Waals surface area contributed by atoms with E-state index >= 15 is 0 Å². The summed E-state index contributed by atoms with van der Waals surface area (Å²) in [4.78, 5) is 11.0. The van der Waals surface area contributed by atoms with E-state index in [0.717, 1.165) is 10.9 Å². The third-order valence-electron chi connectivity index (χ3n) is 2.06. The van der Waals surface area contributed by atoms with Gasteiger partial charge in [-0.1, -0.05) is 41.2 Å². The average molecular weight is 257 g/mol. The summed E-state index contributed by atoms with van der Waals surface area (Å²) in [7, 11) is 8.92. The number of nitrogens with zero attached hydrogens (tertiary/aromatic N) is 1. The second-order valence-corrected chi connectivity index (χ2v) is 2.88. The molecule has 3 radical (unpaired) electrons. The summed E-state index contributed by atoms with van der Waals surface area (Å²) in [5.41, 5.74) is 0.892. The van der Waals surface area contributed by atoms with Crippen molar-refractivity contribution in [1.82, 2.24) is 4.57 Å². The number of hydrogen-bond donors (Lipinski definition) is 0. The van der Waals surface area contributed by atoms with Crippen molar-refractivity contribution in [2.45, 2.75) is 0 Å². The van der Waals surface area contributed by atoms with E-state index in [-0.39, 0.29) is 32.7 Å². The molecule has 4 heteroatoms. The van der Waals surface area contributed by atoms with Crippen LogP contribution >= 0.6 is 0 Å². The van der Waals surface area contributed by atoms with Gasteiger partial charge in [-0.05, 0) is 5.69 Å². The molecule has 0 N–H and O–H groups in total. The number of para-hydroxylation sites is 1. The first-order chi connectivity index (χ1) is 6.20. The maximum absolute atomic E-state index is 11.0. The molecule has 1 aromatic heterocycles. The molecule has 1 heterocycles. The molecule has 0 aliphatic carbocycles. The van der Waals surface area contributed by atoms with Crippen molar-refractivity contribution < 1.29 is 37.5 Å². The fraction of sp³-hybridized carbons (Fsp3) is 0. The van der Waals surface area contributed by atoms with Crippen molar-refractivity contribution >= 4 is 24.4 Å². The first-order valence-electron chi connectivity index (χ1n) is 3.91. The van der Waals surface area contributed by atoms with E-state index in [4.69, 9.17) is 7.85 Å². The van der Waals surface area contributed by atoms with Gasteiger partial charge in [-0.25, -0.2) is 0 Å². The van der Waals surface area contributed by atoms with E-state index in [2.05, 4.69) is 7.05 Å². The zero-order valence-electron chi connectivity index (χ0n) is 7.60. The Hall–Kier alpha value is -0.531. The van der Waals surface area contributed by atoms with Gasteiger partial charge in [0.25, 0.3) is 0 Å². The minimum Gasteiger partial charge on any atom is -0.479 e. The van der Waals surface area contributed by atoms with Crippen LogP contribution in [0.2, 0.25) is 0 Å². The molecule has 14 heavy (non-hydrogen) atoms. The van der Waals surface area contributed by atoms with Gasteiger partial charge in [0, 0.05) is 32.7 Å². The molecular formula is C10H7BNOY-. The number of carbonyl (C=O) groups excluding carboxylic acids is 1. The molecule has 0 unspecified atom stereocenters. The first-order valence-corrected chi connectivity index (χ1v) is 3.91. The Morgan fingerprint density at radius 1 is 1.36 bits per heavy atom. The van der Waals surface area contributed by atoms with E-state index in [0.29, 0.717) is 5.69 Å². The minimum atomic E-state index is -0.453. The number of aromatic nitrogens is 1. The SMILES string of the molecule is [B]C(=O)c1cc2ccccc2n1[CH2-].[Y]. The van der Waals surface area contributed by atoms with Crippen molar-refractivity contribution in [2.24, 2.45) is 0 Å². The second-order valence-electron chi connectivity index (χ2n) is 2.88. The summed E-state index contributed by atoms with van der Waals surface area (Å²) in [6.07, 6.45) is 0. The monoisotopic (exact) mass is 257 g/mol. The number of fused-ring (bicyclic) bond motifs is 1. The van der Waals surface area contributed by atoms with Crippen molar-refractivity contribution in [2.75, 3.05) is 0 Å². The minimum absolute atomic E-state index is 0. The van der Waals surface area contributed by atoms with Gasteiger partial charge in [-0.2, -0.15) is 0 Å². The van der Waals surface area contributed by atoms with Crippen molar-refractivity contribution in [1.29, 1.82) is 0 Å². The van der Waals surface area contributed by atoms with Crippen molar-refractivity contribution in [3.8, 4) is 0 Å². The molecule has 1 aromatic carbocycles. The van der Waals surface area contributed by atoms with Crippen molar-refractivity contribution in [3.05, 3.63) is 43.1 Å². The van der Waals surface area contributed by atoms with Crippen LogP contribution in [0.1, 0.15) is 10.5 Å². The van der Waals surface area contributed by atoms with Crippen LogP contribution in [0.5, 0.6) is 0 Å². The zero-order valence-corrected chi connectivity index (χ0v) is 10.4. The van der Waals surface area contributed by atoms with E-state index in [1.807, 2.05) is 24.3 Å². The Morgan fingerprint density at radius 2 is 2.00 bits per heavy atom. The summed E-state index contributed by atoms with van der Waals surface area (Å²) in [5.74, 6) is 0. The van der Waals surface area contributed by atoms with Crippen LogP contribution < -0.4 is 0 Å². The Labute approximate surface area is 109 Å². The normalized spacial score (nSPS) is 9.71. The van der Waals surface area contributed by atoms with Gasteiger partial charge < -0.3 is 9.36 Å². The summed E-state index contributed by atoms with van der Waals surface area (Å²) < 4.78 is 1.55. The quantitative estimate of drug-likeness (QED) is 0.561. The predicted octanol–water partition coefficient (Wildman–Crippen LogP) is 1.59. The third kappa shape index (κ3) is 1.79. The zero-order chi connectivity index (χ0) is 9.42. The van der Waals surface area contributed by atoms with Gasteiger partial charge in [0.15, 0.2) is 7.85 Å². The maximum Gasteiger partial charge on any atom is 0.157 e. The topological polar surface area (TPSA) is 22.0 Å². The molecule has 2 nitrogen and oxygen atoms in total. The van der Waals surface area contributed by atoms with Crippen LogP contribution in [-0.4, -0.2) is 18.1 Å². The first kappa shape index (κ1) is 11.5. The molecule has 0 aliphatic rings. The Morgan fingerprint density at radius 3 is 2.57 bits per heavy atom. The van der Waals surface area contributed by atoms with E-state index in [9.17, 15) is 4.79 Å². The Kier molecular flexibility index (Phi) is 3.57. The third-order valence-corrected chi connectivity index (χ3v) is 2.06. The number of rotatable bonds is 1. The fourth-order valence-electron chi connectivity index (χ4n) is 1.41. The largest absolute Gasteiger partial charge is 0.479 e. The summed E-state index contributed by atoms with van der Waals surface area (Å²) in [5, 5.41) is 0.978. The molecule has 0 saturated heterocycles. The average Bonchev–Trinajstić information content (AvgIpc) is 2.45. The smallest absolute Gasteiger partial charge is 0.157 e. The van der Waals surface area contributed by atoms with Crippen LogP contribution in [0.3, 0.4) is 0 Å². The molecule has 0 bridgehead atoms. The van der Waals surface area contributed by atoms with Gasteiger partial charge >= 0.3 is 0 Å². The van der Waals surface area contributed by atoms with Crippen LogP contribution in [0.25, 0.3) is 10.9 Å². The molecule has 0 aliphatic heterocycles. The molecule has 0 fully saturated rings. The maximum atomic E-state index is 11.0. The molecule has 0 amide bonds. The Balaban J connectivity index is 0.000000980. The summed E-state index contributed by atoms with van der Waals surface area (Å²) in [6, 6.07) is 9.37. The molecule has 65 valence electrons. The molecule has 0 saturated carbocycles. The summed E-state index contributed by atoms with van der Waals surface area (Å²) in [6.45, 7) is 0. The summed E-state index contributed by atoms with van der Waals surface area (Å²) >= 11 is 0. The van der Waals surface area contributed by atoms with Crippen LogP contribution in [-0.2, 0) is 32.7 Å². The molecular weight excluding hydrogens is 250 g/mol. The molecule has 0 atom stereocenters. The van der Waals surface area contributed by atoms with Gasteiger partial charge in [-0.3, -0.25) is 0 Å². The van der Waals surface area contributed by atoms with Gasteiger partial charge in [0.2, 0.25) is 0 Å². The Bertz CT molecular complexity index is 478. The van der Waals surface area contributed by atoms with Crippen LogP contribution in [0, 0.1) is 7.05 Å². The van der Waals surface area contributed by atoms with Crippen LogP contribution in [0.4, 0.5) is 0 Å². The van der Waals surface area contributed by atoms with E-state index in [1.54, 1.807) is 10.6 Å². The van der Waals surface area contributed by atoms with E-state index in [1.165, 1.54) is 0 Å². The van der Waals surface area contributed by atoms with Gasteiger partial charge in [0.1, 0.15) is 0 Å².